The van der Waals surface area contributed by atoms with E-state index in [2.05, 4.69) is 22.5 Å². The Morgan fingerprint density at radius 1 is 1.10 bits per heavy atom. The van der Waals surface area contributed by atoms with E-state index in [9.17, 15) is 0 Å². The molecule has 0 aliphatic heterocycles. The molecule has 0 saturated carbocycles. The summed E-state index contributed by atoms with van der Waals surface area (Å²) < 4.78 is 10.5. The first-order chi connectivity index (χ1) is 9.74. The first kappa shape index (κ1) is 19.8. The molecule has 0 atom stereocenters. The van der Waals surface area contributed by atoms with Gasteiger partial charge in [0.15, 0.2) is 17.5 Å². The van der Waals surface area contributed by atoms with Crippen LogP contribution in [-0.2, 0) is 6.42 Å². The average molecular weight is 407 g/mol. The third kappa shape index (κ3) is 6.88. The smallest absolute Gasteiger partial charge is 0.190 e. The Hall–Kier alpha value is -1.18. The lowest BCUT2D eigenvalue weighted by Crippen LogP contribution is -2.38. The van der Waals surface area contributed by atoms with Gasteiger partial charge in [-0.3, -0.25) is 4.99 Å². The fourth-order valence-corrected chi connectivity index (χ4v) is 1.83. The fourth-order valence-electron chi connectivity index (χ4n) is 1.83. The minimum Gasteiger partial charge on any atom is -0.493 e. The molecule has 0 aromatic heterocycles. The number of nitrogens with zero attached hydrogens (tertiary/aromatic N) is 1. The maximum absolute atomic E-state index is 5.30. The van der Waals surface area contributed by atoms with Crippen molar-refractivity contribution in [2.24, 2.45) is 4.99 Å². The van der Waals surface area contributed by atoms with Gasteiger partial charge < -0.3 is 20.1 Å². The number of aliphatic imine (C=N–C) groups is 1. The monoisotopic (exact) mass is 407 g/mol. The second-order valence-electron chi connectivity index (χ2n) is 4.37. The quantitative estimate of drug-likeness (QED) is 0.414. The van der Waals surface area contributed by atoms with E-state index >= 15 is 0 Å². The third-order valence-corrected chi connectivity index (χ3v) is 2.92. The number of nitrogens with one attached hydrogen (secondary N) is 2. The Morgan fingerprint density at radius 3 is 2.33 bits per heavy atom. The Kier molecular flexibility index (Phi) is 10.8. The number of benzene rings is 1. The highest BCUT2D eigenvalue weighted by atomic mass is 127. The molecule has 0 aliphatic carbocycles. The van der Waals surface area contributed by atoms with E-state index in [0.717, 1.165) is 43.4 Å². The Balaban J connectivity index is 0.00000400. The highest BCUT2D eigenvalue weighted by Crippen LogP contribution is 2.27. The summed E-state index contributed by atoms with van der Waals surface area (Å²) in [6.07, 6.45) is 1.98. The number of rotatable bonds is 7. The zero-order valence-corrected chi connectivity index (χ0v) is 15.6. The summed E-state index contributed by atoms with van der Waals surface area (Å²) in [5.41, 5.74) is 1.20. The summed E-state index contributed by atoms with van der Waals surface area (Å²) in [6, 6.07) is 5.98. The minimum absolute atomic E-state index is 0. The Morgan fingerprint density at radius 2 is 1.76 bits per heavy atom. The van der Waals surface area contributed by atoms with Crippen LogP contribution in [0.25, 0.3) is 0 Å². The van der Waals surface area contributed by atoms with Crippen molar-refractivity contribution in [1.29, 1.82) is 0 Å². The molecule has 0 aliphatic rings. The number of guanidine groups is 1. The van der Waals surface area contributed by atoms with Gasteiger partial charge in [-0.25, -0.2) is 0 Å². The van der Waals surface area contributed by atoms with Crippen molar-refractivity contribution in [3.8, 4) is 11.5 Å². The van der Waals surface area contributed by atoms with E-state index < -0.39 is 0 Å². The van der Waals surface area contributed by atoms with Gasteiger partial charge in [-0.15, -0.1) is 24.0 Å². The standard InChI is InChI=1S/C15H25N3O2.HI/c1-5-9-17-15(16-2)18-10-8-12-6-7-13(19-3)14(11-12)20-4;/h6-7,11H,5,8-10H2,1-4H3,(H2,16,17,18);1H. The molecule has 1 rings (SSSR count). The summed E-state index contributed by atoms with van der Waals surface area (Å²) in [5, 5.41) is 6.53. The molecule has 0 bridgehead atoms. The SMILES string of the molecule is CCCNC(=NC)NCCc1ccc(OC)c(OC)c1.I. The van der Waals surface area contributed by atoms with Gasteiger partial charge in [0.1, 0.15) is 0 Å². The third-order valence-electron chi connectivity index (χ3n) is 2.92. The van der Waals surface area contributed by atoms with Crippen molar-refractivity contribution >= 4 is 29.9 Å². The van der Waals surface area contributed by atoms with E-state index in [1.54, 1.807) is 21.3 Å². The van der Waals surface area contributed by atoms with Crippen LogP contribution in [0.1, 0.15) is 18.9 Å². The van der Waals surface area contributed by atoms with Gasteiger partial charge in [0, 0.05) is 20.1 Å². The van der Waals surface area contributed by atoms with Crippen LogP contribution >= 0.6 is 24.0 Å². The van der Waals surface area contributed by atoms with E-state index in [-0.39, 0.29) is 24.0 Å². The number of halogens is 1. The minimum atomic E-state index is 0. The number of methoxy groups -OCH3 is 2. The lowest BCUT2D eigenvalue weighted by molar-refractivity contribution is 0.354. The zero-order chi connectivity index (χ0) is 14.8. The van der Waals surface area contributed by atoms with Crippen molar-refractivity contribution in [2.45, 2.75) is 19.8 Å². The molecule has 2 N–H and O–H groups in total. The van der Waals surface area contributed by atoms with Crippen LogP contribution in [0.2, 0.25) is 0 Å². The summed E-state index contributed by atoms with van der Waals surface area (Å²) in [4.78, 5) is 4.17. The molecule has 120 valence electrons. The molecule has 0 saturated heterocycles. The summed E-state index contributed by atoms with van der Waals surface area (Å²) in [7, 11) is 5.07. The van der Waals surface area contributed by atoms with Crippen molar-refractivity contribution in [2.75, 3.05) is 34.4 Å². The van der Waals surface area contributed by atoms with Crippen molar-refractivity contribution in [3.05, 3.63) is 23.8 Å². The highest BCUT2D eigenvalue weighted by Gasteiger charge is 2.04. The zero-order valence-electron chi connectivity index (χ0n) is 13.2. The van der Waals surface area contributed by atoms with Gasteiger partial charge in [-0.2, -0.15) is 0 Å². The molecule has 6 heteroatoms. The van der Waals surface area contributed by atoms with Crippen LogP contribution in [0.3, 0.4) is 0 Å². The summed E-state index contributed by atoms with van der Waals surface area (Å²) in [6.45, 7) is 3.87. The van der Waals surface area contributed by atoms with E-state index in [1.165, 1.54) is 5.56 Å². The molecule has 1 aromatic rings. The van der Waals surface area contributed by atoms with Crippen LogP contribution in [0.15, 0.2) is 23.2 Å². The molecule has 0 unspecified atom stereocenters. The van der Waals surface area contributed by atoms with Gasteiger partial charge in [-0.1, -0.05) is 13.0 Å². The second-order valence-corrected chi connectivity index (χ2v) is 4.37. The first-order valence-corrected chi connectivity index (χ1v) is 6.90. The van der Waals surface area contributed by atoms with Crippen LogP contribution in [0, 0.1) is 0 Å². The molecular formula is C15H26IN3O2. The maximum Gasteiger partial charge on any atom is 0.190 e. The molecule has 0 radical (unpaired) electrons. The second kappa shape index (κ2) is 11.5. The predicted molar refractivity (Wildman–Crippen MR) is 98.3 cm³/mol. The molecular weight excluding hydrogens is 381 g/mol. The van der Waals surface area contributed by atoms with Crippen molar-refractivity contribution in [3.63, 3.8) is 0 Å². The van der Waals surface area contributed by atoms with E-state index in [4.69, 9.17) is 9.47 Å². The summed E-state index contributed by atoms with van der Waals surface area (Å²) in [5.74, 6) is 2.36. The van der Waals surface area contributed by atoms with Gasteiger partial charge in [0.25, 0.3) is 0 Å². The lowest BCUT2D eigenvalue weighted by Gasteiger charge is -2.12. The van der Waals surface area contributed by atoms with Crippen LogP contribution in [-0.4, -0.2) is 40.3 Å². The largest absolute Gasteiger partial charge is 0.493 e. The van der Waals surface area contributed by atoms with Gasteiger partial charge in [0.2, 0.25) is 0 Å². The molecule has 21 heavy (non-hydrogen) atoms. The lowest BCUT2D eigenvalue weighted by atomic mass is 10.1. The number of hydrogen-bond donors (Lipinski definition) is 2. The molecule has 1 aromatic carbocycles. The molecule has 0 fully saturated rings. The van der Waals surface area contributed by atoms with E-state index in [1.807, 2.05) is 18.2 Å². The van der Waals surface area contributed by atoms with Gasteiger partial charge >= 0.3 is 0 Å². The summed E-state index contributed by atoms with van der Waals surface area (Å²) >= 11 is 0. The maximum atomic E-state index is 5.30. The number of hydrogen-bond acceptors (Lipinski definition) is 3. The number of ether oxygens (including phenoxy) is 2. The molecule has 0 spiro atoms. The topological polar surface area (TPSA) is 54.9 Å². The van der Waals surface area contributed by atoms with Crippen molar-refractivity contribution in [1.82, 2.24) is 10.6 Å². The van der Waals surface area contributed by atoms with Gasteiger partial charge in [0.05, 0.1) is 14.2 Å². The molecule has 5 nitrogen and oxygen atoms in total. The van der Waals surface area contributed by atoms with Crippen LogP contribution < -0.4 is 20.1 Å². The first-order valence-electron chi connectivity index (χ1n) is 6.90. The van der Waals surface area contributed by atoms with Crippen LogP contribution in [0.4, 0.5) is 0 Å². The fraction of sp³-hybridized carbons (Fsp3) is 0.533. The van der Waals surface area contributed by atoms with E-state index in [0.29, 0.717) is 0 Å². The Bertz CT molecular complexity index is 439. The molecule has 0 amide bonds. The predicted octanol–water partition coefficient (Wildman–Crippen LogP) is 2.44. The average Bonchev–Trinajstić information content (AvgIpc) is 2.50. The highest BCUT2D eigenvalue weighted by molar-refractivity contribution is 14.0. The normalized spacial score (nSPS) is 10.6. The van der Waals surface area contributed by atoms with Crippen molar-refractivity contribution < 1.29 is 9.47 Å². The van der Waals surface area contributed by atoms with Gasteiger partial charge in [-0.05, 0) is 30.5 Å². The molecule has 0 heterocycles. The van der Waals surface area contributed by atoms with Crippen LogP contribution in [0.5, 0.6) is 11.5 Å². The Labute approximate surface area is 144 Å².